The number of rotatable bonds is 4. The lowest BCUT2D eigenvalue weighted by Crippen LogP contribution is -2.32. The zero-order valence-electron chi connectivity index (χ0n) is 12.4. The Hall–Kier alpha value is -2.69. The third-order valence-electron chi connectivity index (χ3n) is 3.74. The molecule has 5 heteroatoms. The monoisotopic (exact) mass is 296 g/mol. The minimum absolute atomic E-state index is 0.0984. The third-order valence-corrected chi connectivity index (χ3v) is 3.74. The number of para-hydroxylation sites is 1. The van der Waals surface area contributed by atoms with E-state index in [-0.39, 0.29) is 11.3 Å². The van der Waals surface area contributed by atoms with Crippen LogP contribution in [-0.4, -0.2) is 15.3 Å². The van der Waals surface area contributed by atoms with Crippen molar-refractivity contribution in [3.8, 4) is 0 Å². The summed E-state index contributed by atoms with van der Waals surface area (Å²) >= 11 is 0. The van der Waals surface area contributed by atoms with Gasteiger partial charge in [0.15, 0.2) is 5.78 Å². The van der Waals surface area contributed by atoms with Gasteiger partial charge in [-0.1, -0.05) is 12.1 Å². The molecule has 0 fully saturated rings. The highest BCUT2D eigenvalue weighted by Gasteiger charge is 2.23. The maximum atomic E-state index is 12.8. The molecule has 112 valence electrons. The fourth-order valence-electron chi connectivity index (χ4n) is 2.66. The second-order valence-corrected chi connectivity index (χ2v) is 5.26. The van der Waals surface area contributed by atoms with Crippen LogP contribution in [0, 0.1) is 6.92 Å². The molecule has 1 aromatic carbocycles. The van der Waals surface area contributed by atoms with Crippen molar-refractivity contribution in [2.75, 3.05) is 0 Å². The van der Waals surface area contributed by atoms with Gasteiger partial charge in [-0.3, -0.25) is 14.2 Å². The largest absolute Gasteiger partial charge is 0.469 e. The fourth-order valence-corrected chi connectivity index (χ4v) is 2.66. The predicted octanol–water partition coefficient (Wildman–Crippen LogP) is 2.67. The number of Topliss-reactive ketones (excluding diaryl/α,β-unsaturated/α-hetero) is 1. The Balaban J connectivity index is 2.17. The highest BCUT2D eigenvalue weighted by atomic mass is 16.3. The first-order valence-corrected chi connectivity index (χ1v) is 7.08. The van der Waals surface area contributed by atoms with Crippen molar-refractivity contribution in [3.63, 3.8) is 0 Å². The van der Waals surface area contributed by atoms with E-state index in [1.807, 2.05) is 6.07 Å². The highest BCUT2D eigenvalue weighted by molar-refractivity contribution is 5.82. The van der Waals surface area contributed by atoms with E-state index in [0.29, 0.717) is 28.9 Å². The number of aryl methyl sites for hydroxylation is 1. The molecule has 0 N–H and O–H groups in total. The molecule has 0 aliphatic carbocycles. The molecule has 1 atom stereocenters. The van der Waals surface area contributed by atoms with E-state index in [9.17, 15) is 9.59 Å². The lowest BCUT2D eigenvalue weighted by Gasteiger charge is -2.19. The number of nitrogens with zero attached hydrogens (tertiary/aromatic N) is 2. The van der Waals surface area contributed by atoms with Crippen LogP contribution in [0.2, 0.25) is 0 Å². The molecule has 22 heavy (non-hydrogen) atoms. The molecule has 0 saturated heterocycles. The number of carbonyl (C=O) groups excluding carboxylic acids is 1. The van der Waals surface area contributed by atoms with Crippen LogP contribution < -0.4 is 5.56 Å². The topological polar surface area (TPSA) is 65.1 Å². The van der Waals surface area contributed by atoms with Crippen LogP contribution in [-0.2, 0) is 11.2 Å². The van der Waals surface area contributed by atoms with Crippen LogP contribution in [0.4, 0.5) is 0 Å². The average molecular weight is 296 g/mol. The zero-order valence-corrected chi connectivity index (χ0v) is 12.4. The lowest BCUT2D eigenvalue weighted by atomic mass is 10.1. The summed E-state index contributed by atoms with van der Waals surface area (Å²) in [4.78, 5) is 29.3. The summed E-state index contributed by atoms with van der Waals surface area (Å²) < 4.78 is 6.78. The standard InChI is InChI=1S/C17H16N2O3/c1-11(20)16(10-13-6-5-9-22-13)19-12(2)18-15-8-4-3-7-14(15)17(19)21/h3-9,16H,10H2,1-2H3. The molecule has 0 saturated carbocycles. The van der Waals surface area contributed by atoms with Crippen molar-refractivity contribution >= 4 is 16.7 Å². The predicted molar refractivity (Wildman–Crippen MR) is 82.9 cm³/mol. The van der Waals surface area contributed by atoms with E-state index in [1.165, 1.54) is 11.5 Å². The van der Waals surface area contributed by atoms with Crippen LogP contribution in [0.3, 0.4) is 0 Å². The van der Waals surface area contributed by atoms with Gasteiger partial charge in [-0.2, -0.15) is 0 Å². The molecule has 0 aliphatic heterocycles. The molecular formula is C17H16N2O3. The Morgan fingerprint density at radius 1 is 1.27 bits per heavy atom. The Bertz CT molecular complexity index is 879. The maximum absolute atomic E-state index is 12.8. The van der Waals surface area contributed by atoms with Gasteiger partial charge in [0.25, 0.3) is 5.56 Å². The lowest BCUT2D eigenvalue weighted by molar-refractivity contribution is -0.120. The number of hydrogen-bond donors (Lipinski definition) is 0. The number of benzene rings is 1. The molecular weight excluding hydrogens is 280 g/mol. The Morgan fingerprint density at radius 2 is 2.05 bits per heavy atom. The van der Waals surface area contributed by atoms with Crippen molar-refractivity contribution in [1.82, 2.24) is 9.55 Å². The number of aromatic nitrogens is 2. The molecule has 3 rings (SSSR count). The summed E-state index contributed by atoms with van der Waals surface area (Å²) in [6, 6.07) is 10.1. The summed E-state index contributed by atoms with van der Waals surface area (Å²) in [5.74, 6) is 1.09. The van der Waals surface area contributed by atoms with Crippen molar-refractivity contribution in [3.05, 3.63) is 64.6 Å². The zero-order chi connectivity index (χ0) is 15.7. The van der Waals surface area contributed by atoms with E-state index < -0.39 is 6.04 Å². The minimum atomic E-state index is -0.615. The van der Waals surface area contributed by atoms with Crippen molar-refractivity contribution in [1.29, 1.82) is 0 Å². The SMILES string of the molecule is CC(=O)C(Cc1ccco1)n1c(C)nc2ccccc2c1=O. The van der Waals surface area contributed by atoms with Crippen LogP contribution in [0.15, 0.2) is 51.9 Å². The van der Waals surface area contributed by atoms with Crippen molar-refractivity contribution in [2.45, 2.75) is 26.3 Å². The maximum Gasteiger partial charge on any atom is 0.262 e. The Kier molecular flexibility index (Phi) is 3.63. The second kappa shape index (κ2) is 5.60. The molecule has 1 unspecified atom stereocenters. The van der Waals surface area contributed by atoms with Crippen LogP contribution in [0.25, 0.3) is 10.9 Å². The molecule has 0 bridgehead atoms. The summed E-state index contributed by atoms with van der Waals surface area (Å²) in [7, 11) is 0. The molecule has 2 aromatic heterocycles. The highest BCUT2D eigenvalue weighted by Crippen LogP contribution is 2.18. The second-order valence-electron chi connectivity index (χ2n) is 5.26. The summed E-state index contributed by atoms with van der Waals surface area (Å²) in [5, 5.41) is 0.513. The number of hydrogen-bond acceptors (Lipinski definition) is 4. The van der Waals surface area contributed by atoms with Crippen molar-refractivity contribution in [2.24, 2.45) is 0 Å². The van der Waals surface area contributed by atoms with Gasteiger partial charge in [0.1, 0.15) is 17.6 Å². The molecule has 2 heterocycles. The molecule has 0 spiro atoms. The van der Waals surface area contributed by atoms with E-state index in [0.717, 1.165) is 0 Å². The molecule has 3 aromatic rings. The first-order chi connectivity index (χ1) is 10.6. The van der Waals surface area contributed by atoms with Gasteiger partial charge in [-0.15, -0.1) is 0 Å². The smallest absolute Gasteiger partial charge is 0.262 e. The normalized spacial score (nSPS) is 12.5. The quantitative estimate of drug-likeness (QED) is 0.742. The van der Waals surface area contributed by atoms with Crippen molar-refractivity contribution < 1.29 is 9.21 Å². The van der Waals surface area contributed by atoms with Gasteiger partial charge in [0, 0.05) is 6.42 Å². The van der Waals surface area contributed by atoms with Gasteiger partial charge in [-0.25, -0.2) is 4.98 Å². The van der Waals surface area contributed by atoms with E-state index in [4.69, 9.17) is 4.42 Å². The van der Waals surface area contributed by atoms with E-state index in [1.54, 1.807) is 43.5 Å². The number of fused-ring (bicyclic) bond motifs is 1. The summed E-state index contributed by atoms with van der Waals surface area (Å²) in [5.41, 5.74) is 0.441. The average Bonchev–Trinajstić information content (AvgIpc) is 2.99. The van der Waals surface area contributed by atoms with Crippen LogP contribution in [0.1, 0.15) is 24.6 Å². The first-order valence-electron chi connectivity index (χ1n) is 7.08. The van der Waals surface area contributed by atoms with Gasteiger partial charge < -0.3 is 4.42 Å². The van der Waals surface area contributed by atoms with Crippen LogP contribution >= 0.6 is 0 Å². The molecule has 0 amide bonds. The van der Waals surface area contributed by atoms with Crippen LogP contribution in [0.5, 0.6) is 0 Å². The minimum Gasteiger partial charge on any atom is -0.469 e. The summed E-state index contributed by atoms with van der Waals surface area (Å²) in [6.45, 7) is 3.22. The number of furan rings is 1. The van der Waals surface area contributed by atoms with Gasteiger partial charge >= 0.3 is 0 Å². The molecule has 0 radical (unpaired) electrons. The van der Waals surface area contributed by atoms with Gasteiger partial charge in [0.05, 0.1) is 17.2 Å². The number of carbonyl (C=O) groups is 1. The Labute approximate surface area is 127 Å². The first kappa shape index (κ1) is 14.3. The Morgan fingerprint density at radius 3 is 2.73 bits per heavy atom. The fraction of sp³-hybridized carbons (Fsp3) is 0.235. The van der Waals surface area contributed by atoms with Gasteiger partial charge in [0.2, 0.25) is 0 Å². The van der Waals surface area contributed by atoms with E-state index >= 15 is 0 Å². The third kappa shape index (κ3) is 2.45. The van der Waals surface area contributed by atoms with Gasteiger partial charge in [-0.05, 0) is 38.1 Å². The summed E-state index contributed by atoms with van der Waals surface area (Å²) in [6.07, 6.45) is 1.89. The number of ketones is 1. The van der Waals surface area contributed by atoms with E-state index in [2.05, 4.69) is 4.98 Å². The molecule has 5 nitrogen and oxygen atoms in total. The molecule has 0 aliphatic rings.